The van der Waals surface area contributed by atoms with Crippen LogP contribution in [0.5, 0.6) is 0 Å². The number of benzene rings is 2. The van der Waals surface area contributed by atoms with Gasteiger partial charge in [-0.1, -0.05) is 35.9 Å². The fraction of sp³-hybridized carbons (Fsp3) is 0.316. The number of hydrogen-bond acceptors (Lipinski definition) is 2. The monoisotopic (exact) mass is 342 g/mol. The normalized spacial score (nSPS) is 17.3. The number of nitrogens with one attached hydrogen (secondary N) is 1. The predicted molar refractivity (Wildman–Crippen MR) is 105 cm³/mol. The lowest BCUT2D eigenvalue weighted by atomic mass is 9.98. The highest BCUT2D eigenvalue weighted by Gasteiger charge is 2.25. The highest BCUT2D eigenvalue weighted by atomic mass is 32.2. The molecule has 0 aromatic heterocycles. The molecule has 1 saturated heterocycles. The van der Waals surface area contributed by atoms with E-state index < -0.39 is 0 Å². The van der Waals surface area contributed by atoms with E-state index >= 15 is 0 Å². The Bertz CT molecular complexity index is 682. The molecule has 3 rings (SSSR count). The van der Waals surface area contributed by atoms with Crippen molar-refractivity contribution < 1.29 is 0 Å². The summed E-state index contributed by atoms with van der Waals surface area (Å²) in [6.45, 7) is 4.15. The van der Waals surface area contributed by atoms with Gasteiger partial charge in [0.15, 0.2) is 5.11 Å². The minimum absolute atomic E-state index is 0.577. The molecule has 2 nitrogen and oxygen atoms in total. The van der Waals surface area contributed by atoms with Crippen molar-refractivity contribution >= 4 is 34.8 Å². The second-order valence-electron chi connectivity index (χ2n) is 6.00. The molecule has 4 heteroatoms. The molecule has 0 unspecified atom stereocenters. The molecule has 0 radical (unpaired) electrons. The Morgan fingerprint density at radius 3 is 2.74 bits per heavy atom. The maximum absolute atomic E-state index is 5.61. The summed E-state index contributed by atoms with van der Waals surface area (Å²) < 4.78 is 0. The van der Waals surface area contributed by atoms with Crippen LogP contribution in [0.15, 0.2) is 53.4 Å². The summed E-state index contributed by atoms with van der Waals surface area (Å²) in [5.74, 6) is 0.577. The largest absolute Gasteiger partial charge is 0.348 e. The highest BCUT2D eigenvalue weighted by Crippen LogP contribution is 2.28. The summed E-state index contributed by atoms with van der Waals surface area (Å²) >= 11 is 7.35. The molecule has 2 aromatic carbocycles. The van der Waals surface area contributed by atoms with Gasteiger partial charge in [0, 0.05) is 29.6 Å². The van der Waals surface area contributed by atoms with Crippen LogP contribution in [0.1, 0.15) is 23.5 Å². The van der Waals surface area contributed by atoms with Crippen molar-refractivity contribution in [3.05, 3.63) is 59.7 Å². The first-order chi connectivity index (χ1) is 11.2. The Labute approximate surface area is 148 Å². The molecule has 0 spiro atoms. The Morgan fingerprint density at radius 1 is 1.22 bits per heavy atom. The number of likely N-dealkylation sites (tertiary alicyclic amines) is 1. The van der Waals surface area contributed by atoms with E-state index in [0.29, 0.717) is 5.92 Å². The van der Waals surface area contributed by atoms with Gasteiger partial charge in [0.1, 0.15) is 0 Å². The van der Waals surface area contributed by atoms with Crippen molar-refractivity contribution in [2.45, 2.75) is 24.2 Å². The first-order valence-electron chi connectivity index (χ1n) is 7.92. The first kappa shape index (κ1) is 16.3. The van der Waals surface area contributed by atoms with Gasteiger partial charge < -0.3 is 10.2 Å². The minimum atomic E-state index is 0.577. The Morgan fingerprint density at radius 2 is 2.00 bits per heavy atom. The molecule has 1 atom stereocenters. The van der Waals surface area contributed by atoms with Crippen LogP contribution in [0, 0.1) is 6.92 Å². The van der Waals surface area contributed by atoms with E-state index in [1.165, 1.54) is 16.0 Å². The molecule has 2 aromatic rings. The third-order valence-corrected chi connectivity index (χ3v) is 5.43. The van der Waals surface area contributed by atoms with Crippen LogP contribution in [-0.2, 0) is 0 Å². The van der Waals surface area contributed by atoms with Gasteiger partial charge in [-0.15, -0.1) is 11.8 Å². The van der Waals surface area contributed by atoms with E-state index in [2.05, 4.69) is 71.9 Å². The van der Waals surface area contributed by atoms with Gasteiger partial charge in [0.25, 0.3) is 0 Å². The Balaban J connectivity index is 1.61. The molecular formula is C19H22N2S2. The van der Waals surface area contributed by atoms with Gasteiger partial charge >= 0.3 is 0 Å². The average molecular weight is 343 g/mol. The van der Waals surface area contributed by atoms with Crippen LogP contribution < -0.4 is 5.32 Å². The lowest BCUT2D eigenvalue weighted by Crippen LogP contribution is -2.32. The second-order valence-corrected chi connectivity index (χ2v) is 7.27. The third-order valence-electron chi connectivity index (χ3n) is 4.35. The maximum Gasteiger partial charge on any atom is 0.173 e. The highest BCUT2D eigenvalue weighted by molar-refractivity contribution is 7.98. The molecule has 23 heavy (non-hydrogen) atoms. The molecular weight excluding hydrogens is 320 g/mol. The lowest BCUT2D eigenvalue weighted by Gasteiger charge is -2.21. The molecule has 0 saturated carbocycles. The molecule has 1 fully saturated rings. The summed E-state index contributed by atoms with van der Waals surface area (Å²) in [6, 6.07) is 17.3. The summed E-state index contributed by atoms with van der Waals surface area (Å²) in [7, 11) is 0. The third kappa shape index (κ3) is 4.06. The van der Waals surface area contributed by atoms with E-state index in [9.17, 15) is 0 Å². The van der Waals surface area contributed by atoms with Crippen molar-refractivity contribution in [2.75, 3.05) is 24.7 Å². The number of anilines is 1. The predicted octanol–water partition coefficient (Wildman–Crippen LogP) is 4.90. The molecule has 1 heterocycles. The van der Waals surface area contributed by atoms with Gasteiger partial charge in [-0.3, -0.25) is 0 Å². The summed E-state index contributed by atoms with van der Waals surface area (Å²) in [5.41, 5.74) is 3.81. The number of aryl methyl sites for hydroxylation is 1. The van der Waals surface area contributed by atoms with Gasteiger partial charge in [-0.2, -0.15) is 0 Å². The van der Waals surface area contributed by atoms with Crippen LogP contribution in [0.25, 0.3) is 0 Å². The maximum atomic E-state index is 5.61. The van der Waals surface area contributed by atoms with Gasteiger partial charge in [-0.25, -0.2) is 0 Å². The topological polar surface area (TPSA) is 15.3 Å². The van der Waals surface area contributed by atoms with E-state index in [4.69, 9.17) is 12.2 Å². The van der Waals surface area contributed by atoms with Crippen LogP contribution in [0.3, 0.4) is 0 Å². The molecule has 0 bridgehead atoms. The molecule has 1 aliphatic heterocycles. The molecule has 1 N–H and O–H groups in total. The van der Waals surface area contributed by atoms with E-state index in [0.717, 1.165) is 30.3 Å². The number of hydrogen-bond donors (Lipinski definition) is 1. The SMILES string of the molecule is CSc1cccc(NC(=S)N2CC[C@H](c3ccc(C)cc3)C2)c1. The van der Waals surface area contributed by atoms with Crippen LogP contribution in [-0.4, -0.2) is 29.4 Å². The number of thioether (sulfide) groups is 1. The fourth-order valence-electron chi connectivity index (χ4n) is 2.96. The van der Waals surface area contributed by atoms with Crippen LogP contribution in [0.4, 0.5) is 5.69 Å². The van der Waals surface area contributed by atoms with Crippen molar-refractivity contribution in [3.63, 3.8) is 0 Å². The van der Waals surface area contributed by atoms with Crippen molar-refractivity contribution in [2.24, 2.45) is 0 Å². The van der Waals surface area contributed by atoms with E-state index in [1.54, 1.807) is 11.8 Å². The zero-order chi connectivity index (χ0) is 16.2. The quantitative estimate of drug-likeness (QED) is 0.630. The van der Waals surface area contributed by atoms with Gasteiger partial charge in [-0.05, 0) is 55.6 Å². The van der Waals surface area contributed by atoms with Crippen LogP contribution in [0.2, 0.25) is 0 Å². The average Bonchev–Trinajstić information content (AvgIpc) is 3.06. The molecule has 120 valence electrons. The first-order valence-corrected chi connectivity index (χ1v) is 9.55. The van der Waals surface area contributed by atoms with Crippen molar-refractivity contribution in [1.82, 2.24) is 4.90 Å². The summed E-state index contributed by atoms with van der Waals surface area (Å²) in [5, 5.41) is 4.22. The smallest absolute Gasteiger partial charge is 0.173 e. The Hall–Kier alpha value is -1.52. The summed E-state index contributed by atoms with van der Waals surface area (Å²) in [6.07, 6.45) is 3.25. The van der Waals surface area contributed by atoms with E-state index in [1.807, 2.05) is 0 Å². The lowest BCUT2D eigenvalue weighted by molar-refractivity contribution is 0.518. The van der Waals surface area contributed by atoms with Crippen LogP contribution >= 0.6 is 24.0 Å². The van der Waals surface area contributed by atoms with Gasteiger partial charge in [0.05, 0.1) is 0 Å². The Kier molecular flexibility index (Phi) is 5.23. The van der Waals surface area contributed by atoms with E-state index in [-0.39, 0.29) is 0 Å². The number of nitrogens with zero attached hydrogens (tertiary/aromatic N) is 1. The molecule has 0 amide bonds. The number of thiocarbonyl (C=S) groups is 1. The summed E-state index contributed by atoms with van der Waals surface area (Å²) in [4.78, 5) is 3.53. The standard InChI is InChI=1S/C19H22N2S2/c1-14-6-8-15(9-7-14)16-10-11-21(13-16)19(22)20-17-4-3-5-18(12-17)23-2/h3-9,12,16H,10-11,13H2,1-2H3,(H,20,22)/t16-/m0/s1. The van der Waals surface area contributed by atoms with Crippen molar-refractivity contribution in [3.8, 4) is 0 Å². The second kappa shape index (κ2) is 7.37. The van der Waals surface area contributed by atoms with Crippen molar-refractivity contribution in [1.29, 1.82) is 0 Å². The zero-order valence-corrected chi connectivity index (χ0v) is 15.2. The minimum Gasteiger partial charge on any atom is -0.348 e. The molecule has 1 aliphatic rings. The fourth-order valence-corrected chi connectivity index (χ4v) is 3.70. The van der Waals surface area contributed by atoms with Gasteiger partial charge in [0.2, 0.25) is 0 Å². The number of rotatable bonds is 3. The zero-order valence-electron chi connectivity index (χ0n) is 13.6. The molecule has 0 aliphatic carbocycles.